The van der Waals surface area contributed by atoms with Gasteiger partial charge in [-0.25, -0.2) is 5.43 Å². The average Bonchev–Trinajstić information content (AvgIpc) is 2.13. The summed E-state index contributed by atoms with van der Waals surface area (Å²) in [6.07, 6.45) is 0. The first kappa shape index (κ1) is 7.01. The van der Waals surface area contributed by atoms with E-state index in [0.717, 1.165) is 4.78 Å². The molecule has 1 atom stereocenters. The van der Waals surface area contributed by atoms with Crippen LogP contribution in [0.4, 0.5) is 0 Å². The minimum Gasteiger partial charge on any atom is -0.577 e. The Kier molecular flexibility index (Phi) is 2.07. The predicted octanol–water partition coefficient (Wildman–Crippen LogP) is -1.87. The Morgan fingerprint density at radius 3 is 2.67 bits per heavy atom. The Morgan fingerprint density at radius 2 is 2.44 bits per heavy atom. The summed E-state index contributed by atoms with van der Waals surface area (Å²) in [5.74, 6) is 0. The van der Waals surface area contributed by atoms with Crippen LogP contribution in [0.3, 0.4) is 0 Å². The second kappa shape index (κ2) is 2.66. The fraction of sp³-hybridized carbons (Fsp3) is 1.00. The van der Waals surface area contributed by atoms with E-state index in [1.807, 2.05) is 0 Å². The first-order valence-electron chi connectivity index (χ1n) is 2.36. The molecule has 0 aromatic carbocycles. The smallest absolute Gasteiger partial charge is 0.429 e. The van der Waals surface area contributed by atoms with Gasteiger partial charge in [-0.15, -0.1) is 5.12 Å². The molecule has 52 valence electrons. The molecule has 1 rings (SSSR count). The highest BCUT2D eigenvalue weighted by Crippen LogP contribution is 2.16. The molecule has 9 heavy (non-hydrogen) atoms. The van der Waals surface area contributed by atoms with Crippen molar-refractivity contribution in [3.05, 3.63) is 0 Å². The second-order valence-electron chi connectivity index (χ2n) is 1.58. The van der Waals surface area contributed by atoms with Crippen LogP contribution in [0.25, 0.3) is 0 Å². The van der Waals surface area contributed by atoms with Gasteiger partial charge in [0.2, 0.25) is 0 Å². The van der Waals surface area contributed by atoms with Gasteiger partial charge in [0.15, 0.2) is 0 Å². The lowest BCUT2D eigenvalue weighted by Crippen LogP contribution is -2.37. The molecular formula is C2H7N4O2P. The zero-order valence-corrected chi connectivity index (χ0v) is 5.76. The van der Waals surface area contributed by atoms with Crippen LogP contribution in [-0.4, -0.2) is 23.6 Å². The Hall–Kier alpha value is -0.100. The number of hydrazine groups is 3. The molecule has 0 spiro atoms. The molecule has 6 nitrogen and oxygen atoms in total. The molecule has 1 fully saturated rings. The van der Waals surface area contributed by atoms with Crippen molar-refractivity contribution in [3.63, 3.8) is 0 Å². The van der Waals surface area contributed by atoms with Gasteiger partial charge in [-0.3, -0.25) is 0 Å². The van der Waals surface area contributed by atoms with Crippen LogP contribution in [0.5, 0.6) is 0 Å². The van der Waals surface area contributed by atoms with Crippen LogP contribution in [0.1, 0.15) is 0 Å². The van der Waals surface area contributed by atoms with Crippen molar-refractivity contribution in [2.24, 2.45) is 0 Å². The highest BCUT2D eigenvalue weighted by molar-refractivity contribution is 7.33. The molecular weight excluding hydrogens is 143 g/mol. The quantitative estimate of drug-likeness (QED) is 0.427. The van der Waals surface area contributed by atoms with Crippen LogP contribution >= 0.6 is 8.18 Å². The average molecular weight is 150 g/mol. The lowest BCUT2D eigenvalue weighted by molar-refractivity contribution is -0.184. The first-order chi connectivity index (χ1) is 4.22. The van der Waals surface area contributed by atoms with Crippen LogP contribution in [0.15, 0.2) is 0 Å². The lowest BCUT2D eigenvalue weighted by atomic mass is 11.2. The van der Waals surface area contributed by atoms with E-state index in [0.29, 0.717) is 0 Å². The minimum atomic E-state index is -2.51. The van der Waals surface area contributed by atoms with Crippen LogP contribution in [0.2, 0.25) is 0 Å². The Labute approximate surface area is 53.3 Å². The van der Waals surface area contributed by atoms with Gasteiger partial charge < -0.3 is 4.89 Å². The van der Waals surface area contributed by atoms with Crippen molar-refractivity contribution >= 4 is 8.18 Å². The Balaban J connectivity index is 2.49. The molecule has 2 N–H and O–H groups in total. The number of hydrogen-bond donors (Lipinski definition) is 2. The van der Waals surface area contributed by atoms with Gasteiger partial charge in [-0.1, -0.05) is 4.57 Å². The van der Waals surface area contributed by atoms with Crippen molar-refractivity contribution in [2.45, 2.75) is 0 Å². The van der Waals surface area contributed by atoms with Gasteiger partial charge >= 0.3 is 8.18 Å². The van der Waals surface area contributed by atoms with Crippen LogP contribution < -0.4 is 15.9 Å². The summed E-state index contributed by atoms with van der Waals surface area (Å²) in [4.78, 5) is 10.3. The molecule has 1 aliphatic heterocycles. The van der Waals surface area contributed by atoms with Crippen molar-refractivity contribution in [1.82, 2.24) is 20.9 Å². The summed E-state index contributed by atoms with van der Waals surface area (Å²) in [7, 11) is -0.904. The van der Waals surface area contributed by atoms with E-state index in [9.17, 15) is 9.46 Å². The van der Waals surface area contributed by atoms with Crippen molar-refractivity contribution in [2.75, 3.05) is 13.7 Å². The molecule has 0 amide bonds. The molecule has 0 radical (unpaired) electrons. The van der Waals surface area contributed by atoms with E-state index < -0.39 is 8.18 Å². The number of nitrogens with one attached hydrogen (secondary N) is 2. The zero-order valence-electron chi connectivity index (χ0n) is 4.87. The van der Waals surface area contributed by atoms with E-state index in [4.69, 9.17) is 0 Å². The fourth-order valence-corrected chi connectivity index (χ4v) is 1.00. The van der Waals surface area contributed by atoms with Gasteiger partial charge in [-0.2, -0.15) is 5.53 Å². The molecule has 1 aliphatic rings. The van der Waals surface area contributed by atoms with E-state index in [1.54, 1.807) is 7.05 Å². The molecule has 0 aromatic rings. The molecule has 0 aliphatic carbocycles. The Morgan fingerprint density at radius 1 is 1.78 bits per heavy atom. The molecule has 7 heteroatoms. The largest absolute Gasteiger partial charge is 0.577 e. The second-order valence-corrected chi connectivity index (χ2v) is 2.52. The number of nitrogens with zero attached hydrogens (tertiary/aromatic N) is 2. The summed E-state index contributed by atoms with van der Waals surface area (Å²) in [5, 5.41) is 1.35. The van der Waals surface area contributed by atoms with Crippen LogP contribution in [0, 0.1) is 0 Å². The van der Waals surface area contributed by atoms with Gasteiger partial charge in [0, 0.05) is 11.8 Å². The molecule has 1 unspecified atom stereocenters. The van der Waals surface area contributed by atoms with E-state index in [-0.39, 0.29) is 6.67 Å². The summed E-state index contributed by atoms with van der Waals surface area (Å²) in [5.41, 5.74) is 5.20. The van der Waals surface area contributed by atoms with Crippen molar-refractivity contribution < 1.29 is 9.46 Å². The maximum absolute atomic E-state index is 10.3. The molecule has 1 saturated heterocycles. The zero-order chi connectivity index (χ0) is 6.85. The Bertz CT molecular complexity index is 130. The van der Waals surface area contributed by atoms with E-state index in [2.05, 4.69) is 11.0 Å². The SMILES string of the molecule is CN1NNCN1[P+](=O)[O-]. The molecule has 1 heterocycles. The third-order valence-corrected chi connectivity index (χ3v) is 1.78. The number of hydrogen-bond acceptors (Lipinski definition) is 5. The third-order valence-electron chi connectivity index (χ3n) is 0.996. The van der Waals surface area contributed by atoms with E-state index in [1.165, 1.54) is 5.12 Å². The van der Waals surface area contributed by atoms with Crippen molar-refractivity contribution in [1.29, 1.82) is 0 Å². The van der Waals surface area contributed by atoms with Gasteiger partial charge in [0.05, 0.1) is 0 Å². The standard InChI is InChI=1S/C2H7N4O2P/c1-5-4-3-2-6(5)9(7)8/h3-4H,2H2,1H3. The summed E-state index contributed by atoms with van der Waals surface area (Å²) in [6, 6.07) is 0. The third kappa shape index (κ3) is 1.42. The van der Waals surface area contributed by atoms with Gasteiger partial charge in [0.25, 0.3) is 0 Å². The monoisotopic (exact) mass is 150 g/mol. The first-order valence-corrected chi connectivity index (χ1v) is 3.49. The highest BCUT2D eigenvalue weighted by atomic mass is 31.1. The minimum absolute atomic E-state index is 0.287. The maximum Gasteiger partial charge on any atom is 0.429 e. The molecule has 0 bridgehead atoms. The lowest BCUT2D eigenvalue weighted by Gasteiger charge is -2.10. The highest BCUT2D eigenvalue weighted by Gasteiger charge is 2.27. The molecule has 0 aromatic heterocycles. The summed E-state index contributed by atoms with van der Waals surface area (Å²) in [6.45, 7) is 0.287. The van der Waals surface area contributed by atoms with Crippen molar-refractivity contribution in [3.8, 4) is 0 Å². The van der Waals surface area contributed by atoms with Crippen LogP contribution in [-0.2, 0) is 4.57 Å². The summed E-state index contributed by atoms with van der Waals surface area (Å²) < 4.78 is 11.4. The maximum atomic E-state index is 10.3. The predicted molar refractivity (Wildman–Crippen MR) is 28.3 cm³/mol. The normalized spacial score (nSPS) is 24.9. The van der Waals surface area contributed by atoms with E-state index >= 15 is 0 Å². The fourth-order valence-electron chi connectivity index (χ4n) is 0.552. The summed E-state index contributed by atoms with van der Waals surface area (Å²) >= 11 is 0. The van der Waals surface area contributed by atoms with Gasteiger partial charge in [-0.05, 0) is 0 Å². The topological polar surface area (TPSA) is 70.7 Å². The van der Waals surface area contributed by atoms with Gasteiger partial charge in [0.1, 0.15) is 6.67 Å². The molecule has 0 saturated carbocycles. The number of rotatable bonds is 1.